The van der Waals surface area contributed by atoms with Crippen LogP contribution in [0.3, 0.4) is 0 Å². The molecule has 0 bridgehead atoms. The molecule has 0 amide bonds. The van der Waals surface area contributed by atoms with Gasteiger partial charge in [0.05, 0.1) is 5.25 Å². The molecule has 0 N–H and O–H groups in total. The van der Waals surface area contributed by atoms with Crippen molar-refractivity contribution in [2.75, 3.05) is 5.75 Å². The van der Waals surface area contributed by atoms with Crippen molar-refractivity contribution in [3.63, 3.8) is 0 Å². The molecule has 1 atom stereocenters. The summed E-state index contributed by atoms with van der Waals surface area (Å²) >= 11 is 3.02. The van der Waals surface area contributed by atoms with Gasteiger partial charge in [0, 0.05) is 4.90 Å². The van der Waals surface area contributed by atoms with E-state index < -0.39 is 0 Å². The van der Waals surface area contributed by atoms with Crippen molar-refractivity contribution in [1.29, 1.82) is 0 Å². The maximum absolute atomic E-state index is 11.5. The summed E-state index contributed by atoms with van der Waals surface area (Å²) in [7, 11) is 0. The van der Waals surface area contributed by atoms with E-state index in [-0.39, 0.29) is 10.4 Å². The van der Waals surface area contributed by atoms with Crippen LogP contribution in [0.5, 0.6) is 0 Å². The average Bonchev–Trinajstić information content (AvgIpc) is 2.19. The Morgan fingerprint density at radius 1 is 1.36 bits per heavy atom. The van der Waals surface area contributed by atoms with Crippen LogP contribution in [0.15, 0.2) is 35.2 Å². The third kappa shape index (κ3) is 3.76. The molecule has 0 aliphatic rings. The first kappa shape index (κ1) is 11.7. The van der Waals surface area contributed by atoms with Gasteiger partial charge < -0.3 is 0 Å². The maximum atomic E-state index is 11.5. The molecule has 0 aromatic heterocycles. The van der Waals surface area contributed by atoms with Gasteiger partial charge in [0.25, 0.3) is 0 Å². The van der Waals surface area contributed by atoms with Crippen LogP contribution in [0.1, 0.15) is 13.8 Å². The molecule has 0 saturated heterocycles. The predicted octanol–water partition coefficient (Wildman–Crippen LogP) is 3.45. The lowest BCUT2D eigenvalue weighted by Crippen LogP contribution is -2.08. The number of hydrogen-bond donors (Lipinski definition) is 0. The zero-order valence-electron chi connectivity index (χ0n) is 8.40. The first-order valence-corrected chi connectivity index (χ1v) is 6.49. The lowest BCUT2D eigenvalue weighted by Gasteiger charge is -2.08. The van der Waals surface area contributed by atoms with Crippen molar-refractivity contribution in [3.8, 4) is 0 Å². The molecule has 0 aliphatic carbocycles. The molecule has 1 aromatic carbocycles. The second-order valence-electron chi connectivity index (χ2n) is 2.83. The summed E-state index contributed by atoms with van der Waals surface area (Å²) in [5.41, 5.74) is 0. The van der Waals surface area contributed by atoms with Gasteiger partial charge in [-0.05, 0) is 24.8 Å². The third-order valence-corrected chi connectivity index (χ3v) is 3.86. The van der Waals surface area contributed by atoms with Crippen molar-refractivity contribution in [3.05, 3.63) is 30.3 Å². The molecular formula is C11H14OS2. The molecule has 0 spiro atoms. The summed E-state index contributed by atoms with van der Waals surface area (Å²) in [4.78, 5) is 12.6. The fraction of sp³-hybridized carbons (Fsp3) is 0.364. The van der Waals surface area contributed by atoms with E-state index in [1.165, 1.54) is 11.8 Å². The molecule has 14 heavy (non-hydrogen) atoms. The Balaban J connectivity index is 2.49. The first-order chi connectivity index (χ1) is 6.74. The van der Waals surface area contributed by atoms with Crippen molar-refractivity contribution in [1.82, 2.24) is 0 Å². The Labute approximate surface area is 93.7 Å². The zero-order valence-corrected chi connectivity index (χ0v) is 10.0. The highest BCUT2D eigenvalue weighted by Gasteiger charge is 2.13. The van der Waals surface area contributed by atoms with E-state index in [1.807, 2.05) is 44.2 Å². The number of thioether (sulfide) groups is 2. The van der Waals surface area contributed by atoms with Crippen LogP contribution >= 0.6 is 23.5 Å². The fourth-order valence-electron chi connectivity index (χ4n) is 1.01. The summed E-state index contributed by atoms with van der Waals surface area (Å²) in [5.74, 6) is 0.860. The molecule has 0 saturated carbocycles. The number of hydrogen-bond acceptors (Lipinski definition) is 3. The normalized spacial score (nSPS) is 12.4. The number of carbonyl (C=O) groups is 1. The number of benzene rings is 1. The molecular weight excluding hydrogens is 212 g/mol. The molecule has 1 rings (SSSR count). The average molecular weight is 226 g/mol. The number of rotatable bonds is 4. The van der Waals surface area contributed by atoms with Gasteiger partial charge in [0.1, 0.15) is 0 Å². The summed E-state index contributed by atoms with van der Waals surface area (Å²) in [6, 6.07) is 10.0. The smallest absolute Gasteiger partial charge is 0.201 e. The molecule has 1 aromatic rings. The molecule has 0 fully saturated rings. The standard InChI is InChI=1S/C11H14OS2/c1-3-13-11(12)9(2)14-10-7-5-4-6-8-10/h4-9H,3H2,1-2H3/t9-/m0/s1. The maximum Gasteiger partial charge on any atom is 0.201 e. The summed E-state index contributed by atoms with van der Waals surface area (Å²) < 4.78 is 0. The Morgan fingerprint density at radius 3 is 2.57 bits per heavy atom. The van der Waals surface area contributed by atoms with Gasteiger partial charge in [0.15, 0.2) is 0 Å². The summed E-state index contributed by atoms with van der Waals surface area (Å²) in [6.07, 6.45) is 0. The van der Waals surface area contributed by atoms with E-state index in [0.29, 0.717) is 0 Å². The number of carbonyl (C=O) groups excluding carboxylic acids is 1. The minimum atomic E-state index is 0.0438. The van der Waals surface area contributed by atoms with Crippen LogP contribution in [0, 0.1) is 0 Å². The molecule has 0 aliphatic heterocycles. The Hall–Kier alpha value is -0.410. The second-order valence-corrected chi connectivity index (χ2v) is 5.51. The van der Waals surface area contributed by atoms with Gasteiger partial charge in [-0.2, -0.15) is 0 Å². The molecule has 76 valence electrons. The Kier molecular flexibility index (Phi) is 5.12. The van der Waals surface area contributed by atoms with Crippen molar-refractivity contribution < 1.29 is 4.79 Å². The SMILES string of the molecule is CCSC(=O)[C@H](C)Sc1ccccc1. The second kappa shape index (κ2) is 6.14. The lowest BCUT2D eigenvalue weighted by atomic mass is 10.4. The molecule has 0 radical (unpaired) electrons. The van der Waals surface area contributed by atoms with E-state index in [1.54, 1.807) is 11.8 Å². The highest BCUT2D eigenvalue weighted by atomic mass is 32.2. The van der Waals surface area contributed by atoms with Gasteiger partial charge in [-0.15, -0.1) is 11.8 Å². The first-order valence-electron chi connectivity index (χ1n) is 4.62. The Morgan fingerprint density at radius 2 is 2.00 bits per heavy atom. The van der Waals surface area contributed by atoms with Gasteiger partial charge in [0.2, 0.25) is 5.12 Å². The third-order valence-electron chi connectivity index (χ3n) is 1.67. The molecule has 0 unspecified atom stereocenters. The van der Waals surface area contributed by atoms with Crippen LogP contribution in [-0.2, 0) is 4.79 Å². The van der Waals surface area contributed by atoms with E-state index in [2.05, 4.69) is 0 Å². The Bertz CT molecular complexity index is 285. The van der Waals surface area contributed by atoms with E-state index >= 15 is 0 Å². The van der Waals surface area contributed by atoms with E-state index in [9.17, 15) is 4.79 Å². The zero-order chi connectivity index (χ0) is 10.4. The van der Waals surface area contributed by atoms with Crippen LogP contribution in [0.25, 0.3) is 0 Å². The lowest BCUT2D eigenvalue weighted by molar-refractivity contribution is -0.110. The van der Waals surface area contributed by atoms with Crippen molar-refractivity contribution >= 4 is 28.6 Å². The van der Waals surface area contributed by atoms with Crippen molar-refractivity contribution in [2.45, 2.75) is 24.0 Å². The van der Waals surface area contributed by atoms with Gasteiger partial charge in [-0.25, -0.2) is 0 Å². The van der Waals surface area contributed by atoms with E-state index in [0.717, 1.165) is 10.6 Å². The monoisotopic (exact) mass is 226 g/mol. The van der Waals surface area contributed by atoms with Crippen LogP contribution in [0.2, 0.25) is 0 Å². The molecule has 1 nitrogen and oxygen atoms in total. The van der Waals surface area contributed by atoms with Crippen LogP contribution in [0.4, 0.5) is 0 Å². The molecule has 3 heteroatoms. The van der Waals surface area contributed by atoms with Gasteiger partial charge in [-0.3, -0.25) is 4.79 Å². The quantitative estimate of drug-likeness (QED) is 0.732. The minimum Gasteiger partial charge on any atom is -0.286 e. The summed E-state index contributed by atoms with van der Waals surface area (Å²) in [5, 5.41) is 0.309. The van der Waals surface area contributed by atoms with Crippen LogP contribution < -0.4 is 0 Å². The topological polar surface area (TPSA) is 17.1 Å². The minimum absolute atomic E-state index is 0.0438. The largest absolute Gasteiger partial charge is 0.286 e. The summed E-state index contributed by atoms with van der Waals surface area (Å²) in [6.45, 7) is 3.96. The fourth-order valence-corrected chi connectivity index (χ4v) is 2.70. The van der Waals surface area contributed by atoms with E-state index in [4.69, 9.17) is 0 Å². The van der Waals surface area contributed by atoms with Gasteiger partial charge in [-0.1, -0.05) is 36.9 Å². The molecule has 0 heterocycles. The highest BCUT2D eigenvalue weighted by Crippen LogP contribution is 2.25. The van der Waals surface area contributed by atoms with Gasteiger partial charge >= 0.3 is 0 Å². The van der Waals surface area contributed by atoms with Crippen LogP contribution in [-0.4, -0.2) is 16.1 Å². The van der Waals surface area contributed by atoms with Crippen molar-refractivity contribution in [2.24, 2.45) is 0 Å². The highest BCUT2D eigenvalue weighted by molar-refractivity contribution is 8.16. The predicted molar refractivity (Wildman–Crippen MR) is 64.9 cm³/mol.